The lowest BCUT2D eigenvalue weighted by molar-refractivity contribution is -0.0494. The molecule has 0 saturated carbocycles. The Balaban J connectivity index is 1.73. The van der Waals surface area contributed by atoms with Crippen LogP contribution in [0.4, 0.5) is 14.5 Å². The summed E-state index contributed by atoms with van der Waals surface area (Å²) >= 11 is 5.21. The third kappa shape index (κ3) is 4.07. The van der Waals surface area contributed by atoms with Crippen molar-refractivity contribution in [1.82, 2.24) is 22.6 Å². The molecule has 8 nitrogen and oxygen atoms in total. The summed E-state index contributed by atoms with van der Waals surface area (Å²) in [4.78, 5) is 17.0. The molecule has 3 heterocycles. The maximum atomic E-state index is 12.8. The lowest BCUT2D eigenvalue weighted by Crippen LogP contribution is -2.12. The second-order valence-electron chi connectivity index (χ2n) is 5.70. The summed E-state index contributed by atoms with van der Waals surface area (Å²) in [6.07, 6.45) is 6.18. The van der Waals surface area contributed by atoms with Crippen molar-refractivity contribution in [3.8, 4) is 17.0 Å². The van der Waals surface area contributed by atoms with E-state index in [9.17, 15) is 13.6 Å². The largest absolute Gasteiger partial charge is 0.434 e. The highest BCUT2D eigenvalue weighted by Gasteiger charge is 2.21. The fourth-order valence-electron chi connectivity index (χ4n) is 2.70. The predicted octanol–water partition coefficient (Wildman–Crippen LogP) is 4.41. The Labute approximate surface area is 184 Å². The summed E-state index contributed by atoms with van der Waals surface area (Å²) in [5.41, 5.74) is 1.53. The Bertz CT molecular complexity index is 1210. The molecule has 4 aromatic rings. The number of amides is 1. The van der Waals surface area contributed by atoms with E-state index in [1.54, 1.807) is 36.8 Å². The third-order valence-corrected chi connectivity index (χ3v) is 4.86. The van der Waals surface area contributed by atoms with Gasteiger partial charge >= 0.3 is 6.61 Å². The minimum absolute atomic E-state index is 0.0635. The maximum Gasteiger partial charge on any atom is 0.387 e. The van der Waals surface area contributed by atoms with Gasteiger partial charge in [-0.15, -0.1) is 0 Å². The van der Waals surface area contributed by atoms with Crippen LogP contribution in [0.5, 0.6) is 5.75 Å². The highest BCUT2D eigenvalue weighted by Crippen LogP contribution is 2.37. The van der Waals surface area contributed by atoms with Crippen LogP contribution in [0.15, 0.2) is 53.5 Å². The van der Waals surface area contributed by atoms with E-state index in [0.29, 0.717) is 21.4 Å². The molecule has 0 bridgehead atoms. The van der Waals surface area contributed by atoms with Crippen molar-refractivity contribution in [3.63, 3.8) is 0 Å². The quantitative estimate of drug-likeness (QED) is 0.357. The molecular weight excluding hydrogens is 565 g/mol. The van der Waals surface area contributed by atoms with Crippen LogP contribution in [0.25, 0.3) is 16.9 Å². The van der Waals surface area contributed by atoms with Crippen molar-refractivity contribution in [3.05, 3.63) is 59.1 Å². The summed E-state index contributed by atoms with van der Waals surface area (Å²) in [6.45, 7) is -3.00. The molecule has 0 fully saturated rings. The molecule has 29 heavy (non-hydrogen) atoms. The summed E-state index contributed by atoms with van der Waals surface area (Å²) < 4.78 is 33.8. The molecule has 1 aromatic carbocycles. The maximum absolute atomic E-state index is 12.8. The molecular formula is C17H10BrF2IN6O2. The molecule has 4 rings (SSSR count). The lowest BCUT2D eigenvalue weighted by Gasteiger charge is -2.11. The first kappa shape index (κ1) is 19.7. The van der Waals surface area contributed by atoms with Crippen molar-refractivity contribution < 1.29 is 18.3 Å². The SMILES string of the molecule is O=C(Nc1cn(I)nc1-c1cc(Br)ccc1OC(F)F)c1cnn2cccnc12. The molecule has 0 radical (unpaired) electrons. The first-order valence-corrected chi connectivity index (χ1v) is 9.78. The minimum atomic E-state index is -3.00. The fraction of sp³-hybridized carbons (Fsp3) is 0.0588. The van der Waals surface area contributed by atoms with Gasteiger partial charge in [0.25, 0.3) is 5.91 Å². The molecule has 0 aliphatic heterocycles. The molecule has 0 saturated heterocycles. The van der Waals surface area contributed by atoms with E-state index < -0.39 is 12.5 Å². The molecule has 0 aliphatic carbocycles. The number of nitrogens with one attached hydrogen (secondary N) is 1. The molecule has 3 aromatic heterocycles. The fourth-order valence-corrected chi connectivity index (χ4v) is 3.55. The Morgan fingerprint density at radius 2 is 2.17 bits per heavy atom. The smallest absolute Gasteiger partial charge is 0.387 e. The zero-order valence-electron chi connectivity index (χ0n) is 14.3. The van der Waals surface area contributed by atoms with Gasteiger partial charge in [-0.3, -0.25) is 4.79 Å². The standard InChI is InChI=1S/C17H10BrF2IN6O2/c18-9-2-3-13(29-17(19)20)10(6-9)14-12(8-27(21)25-14)24-16(28)11-7-23-26-5-1-4-22-15(11)26/h1-8,17H,(H,24,28). The molecule has 0 atom stereocenters. The molecule has 148 valence electrons. The third-order valence-electron chi connectivity index (χ3n) is 3.87. The summed E-state index contributed by atoms with van der Waals surface area (Å²) in [7, 11) is 0. The number of hydrogen-bond donors (Lipinski definition) is 1. The number of anilines is 1. The van der Waals surface area contributed by atoms with Gasteiger partial charge < -0.3 is 10.1 Å². The van der Waals surface area contributed by atoms with Crippen LogP contribution in [0.3, 0.4) is 0 Å². The minimum Gasteiger partial charge on any atom is -0.434 e. The van der Waals surface area contributed by atoms with Crippen LogP contribution < -0.4 is 10.1 Å². The topological polar surface area (TPSA) is 86.3 Å². The zero-order valence-corrected chi connectivity index (χ0v) is 18.0. The first-order chi connectivity index (χ1) is 13.9. The highest BCUT2D eigenvalue weighted by molar-refractivity contribution is 14.1. The number of carbonyl (C=O) groups is 1. The van der Waals surface area contributed by atoms with Gasteiger partial charge in [0.05, 0.1) is 40.9 Å². The van der Waals surface area contributed by atoms with Crippen molar-refractivity contribution in [2.45, 2.75) is 6.61 Å². The van der Waals surface area contributed by atoms with Gasteiger partial charge in [0.15, 0.2) is 5.65 Å². The second-order valence-corrected chi connectivity index (χ2v) is 7.60. The number of alkyl halides is 2. The molecule has 0 unspecified atom stereocenters. The Morgan fingerprint density at radius 1 is 1.34 bits per heavy atom. The number of ether oxygens (including phenoxy) is 1. The number of carbonyl (C=O) groups excluding carboxylic acids is 1. The molecule has 12 heteroatoms. The van der Waals surface area contributed by atoms with E-state index in [0.717, 1.165) is 0 Å². The molecule has 0 aliphatic rings. The number of fused-ring (bicyclic) bond motifs is 1. The number of benzene rings is 1. The van der Waals surface area contributed by atoms with Crippen LogP contribution in [-0.2, 0) is 0 Å². The highest BCUT2D eigenvalue weighted by atomic mass is 127. The Morgan fingerprint density at radius 3 is 2.97 bits per heavy atom. The summed E-state index contributed by atoms with van der Waals surface area (Å²) in [5, 5.41) is 11.1. The van der Waals surface area contributed by atoms with E-state index in [-0.39, 0.29) is 17.0 Å². The summed E-state index contributed by atoms with van der Waals surface area (Å²) in [6, 6.07) is 6.25. The molecule has 1 N–H and O–H groups in total. The lowest BCUT2D eigenvalue weighted by atomic mass is 10.1. The van der Waals surface area contributed by atoms with E-state index >= 15 is 0 Å². The average molecular weight is 575 g/mol. The van der Waals surface area contributed by atoms with Crippen LogP contribution in [0.1, 0.15) is 10.4 Å². The van der Waals surface area contributed by atoms with Gasteiger partial charge in [-0.2, -0.15) is 19.0 Å². The van der Waals surface area contributed by atoms with E-state index in [4.69, 9.17) is 0 Å². The monoisotopic (exact) mass is 574 g/mol. The van der Waals surface area contributed by atoms with Gasteiger partial charge in [-0.05, 0) is 24.3 Å². The van der Waals surface area contributed by atoms with Crippen LogP contribution in [-0.4, -0.2) is 35.1 Å². The predicted molar refractivity (Wildman–Crippen MR) is 112 cm³/mol. The van der Waals surface area contributed by atoms with Gasteiger partial charge in [-0.25, -0.2) is 12.4 Å². The Hall–Kier alpha value is -2.61. The van der Waals surface area contributed by atoms with Crippen molar-refractivity contribution >= 4 is 56.0 Å². The number of aromatic nitrogens is 5. The molecule has 1 amide bonds. The van der Waals surface area contributed by atoms with Gasteiger partial charge in [0, 0.05) is 22.4 Å². The van der Waals surface area contributed by atoms with Crippen LogP contribution >= 0.6 is 38.8 Å². The normalized spacial score (nSPS) is 11.2. The average Bonchev–Trinajstić information content (AvgIpc) is 3.26. The second kappa shape index (κ2) is 8.02. The van der Waals surface area contributed by atoms with Gasteiger partial charge in [0.1, 0.15) is 17.0 Å². The summed E-state index contributed by atoms with van der Waals surface area (Å²) in [5.74, 6) is -0.526. The van der Waals surface area contributed by atoms with Crippen molar-refractivity contribution in [1.29, 1.82) is 0 Å². The van der Waals surface area contributed by atoms with Gasteiger partial charge in [-0.1, -0.05) is 15.9 Å². The Kier molecular flexibility index (Phi) is 5.45. The van der Waals surface area contributed by atoms with Crippen molar-refractivity contribution in [2.75, 3.05) is 5.32 Å². The number of nitrogens with zero attached hydrogens (tertiary/aromatic N) is 5. The van der Waals surface area contributed by atoms with Crippen LogP contribution in [0.2, 0.25) is 0 Å². The van der Waals surface area contributed by atoms with E-state index in [1.807, 2.05) is 22.9 Å². The van der Waals surface area contributed by atoms with Crippen LogP contribution in [0, 0.1) is 0 Å². The van der Waals surface area contributed by atoms with E-state index in [1.165, 1.54) is 19.7 Å². The van der Waals surface area contributed by atoms with E-state index in [2.05, 4.69) is 41.2 Å². The zero-order chi connectivity index (χ0) is 20.5. The van der Waals surface area contributed by atoms with Crippen molar-refractivity contribution in [2.24, 2.45) is 0 Å². The first-order valence-electron chi connectivity index (χ1n) is 8.02. The number of hydrogen-bond acceptors (Lipinski definition) is 5. The number of halogens is 4. The molecule has 0 spiro atoms. The van der Waals surface area contributed by atoms with Gasteiger partial charge in [0.2, 0.25) is 0 Å². The number of rotatable bonds is 5.